The molecule has 4 heteroatoms. The van der Waals surface area contributed by atoms with E-state index in [0.717, 1.165) is 23.5 Å². The molecule has 0 amide bonds. The van der Waals surface area contributed by atoms with Gasteiger partial charge < -0.3 is 9.67 Å². The van der Waals surface area contributed by atoms with Crippen LogP contribution >= 0.6 is 0 Å². The average Bonchev–Trinajstić information content (AvgIpc) is 2.72. The Labute approximate surface area is 106 Å². The molecule has 0 saturated carbocycles. The van der Waals surface area contributed by atoms with Crippen LogP contribution in [-0.2, 0) is 11.3 Å². The summed E-state index contributed by atoms with van der Waals surface area (Å²) in [7, 11) is 0. The van der Waals surface area contributed by atoms with Crippen LogP contribution in [0.4, 0.5) is 0 Å². The van der Waals surface area contributed by atoms with Gasteiger partial charge in [-0.05, 0) is 37.6 Å². The van der Waals surface area contributed by atoms with Gasteiger partial charge in [0.15, 0.2) is 0 Å². The number of carboxylic acids is 1. The second-order valence-electron chi connectivity index (χ2n) is 4.24. The van der Waals surface area contributed by atoms with Gasteiger partial charge in [0.25, 0.3) is 0 Å². The van der Waals surface area contributed by atoms with Gasteiger partial charge >= 0.3 is 5.97 Å². The van der Waals surface area contributed by atoms with Crippen LogP contribution in [0.1, 0.15) is 18.5 Å². The zero-order valence-electron chi connectivity index (χ0n) is 10.3. The van der Waals surface area contributed by atoms with Crippen molar-refractivity contribution in [2.24, 2.45) is 0 Å². The molecule has 2 aromatic heterocycles. The molecule has 0 saturated heterocycles. The highest BCUT2D eigenvalue weighted by molar-refractivity contribution is 5.66. The molecule has 0 bridgehead atoms. The molecule has 0 fully saturated rings. The van der Waals surface area contributed by atoms with Gasteiger partial charge in [0.1, 0.15) is 0 Å². The molecular weight excluding hydrogens is 228 g/mol. The van der Waals surface area contributed by atoms with E-state index in [-0.39, 0.29) is 6.42 Å². The first-order valence-electron chi connectivity index (χ1n) is 5.97. The minimum absolute atomic E-state index is 0.202. The Balaban J connectivity index is 2.20. The van der Waals surface area contributed by atoms with E-state index < -0.39 is 5.97 Å². The Kier molecular flexibility index (Phi) is 3.77. The zero-order chi connectivity index (χ0) is 13.0. The molecule has 0 unspecified atom stereocenters. The van der Waals surface area contributed by atoms with Gasteiger partial charge in [0.2, 0.25) is 0 Å². The third-order valence-electron chi connectivity index (χ3n) is 2.95. The van der Waals surface area contributed by atoms with Crippen molar-refractivity contribution in [1.29, 1.82) is 0 Å². The fraction of sp³-hybridized carbons (Fsp3) is 0.286. The Morgan fingerprint density at radius 1 is 1.28 bits per heavy atom. The van der Waals surface area contributed by atoms with E-state index in [4.69, 9.17) is 5.11 Å². The SMILES string of the molecule is Cc1ccc(-c2ccncc2)n1CCCC(=O)O. The van der Waals surface area contributed by atoms with Gasteiger partial charge in [-0.1, -0.05) is 0 Å². The van der Waals surface area contributed by atoms with Crippen molar-refractivity contribution in [3.05, 3.63) is 42.4 Å². The van der Waals surface area contributed by atoms with Gasteiger partial charge in [-0.15, -0.1) is 0 Å². The van der Waals surface area contributed by atoms with Crippen LogP contribution < -0.4 is 0 Å². The number of aromatic nitrogens is 2. The third-order valence-corrected chi connectivity index (χ3v) is 2.95. The van der Waals surface area contributed by atoms with Crippen molar-refractivity contribution in [1.82, 2.24) is 9.55 Å². The van der Waals surface area contributed by atoms with Crippen LogP contribution in [0, 0.1) is 6.92 Å². The first-order valence-corrected chi connectivity index (χ1v) is 5.97. The van der Waals surface area contributed by atoms with Crippen molar-refractivity contribution in [2.75, 3.05) is 0 Å². The van der Waals surface area contributed by atoms with E-state index in [0.29, 0.717) is 6.42 Å². The van der Waals surface area contributed by atoms with Crippen molar-refractivity contribution < 1.29 is 9.90 Å². The van der Waals surface area contributed by atoms with Crippen LogP contribution in [0.5, 0.6) is 0 Å². The predicted molar refractivity (Wildman–Crippen MR) is 69.3 cm³/mol. The number of carboxylic acid groups (broad SMARTS) is 1. The first-order chi connectivity index (χ1) is 8.68. The number of pyridine rings is 1. The highest BCUT2D eigenvalue weighted by Crippen LogP contribution is 2.22. The van der Waals surface area contributed by atoms with Crippen molar-refractivity contribution in [2.45, 2.75) is 26.3 Å². The van der Waals surface area contributed by atoms with Crippen LogP contribution in [0.2, 0.25) is 0 Å². The Bertz CT molecular complexity index is 532. The maximum Gasteiger partial charge on any atom is 0.303 e. The molecule has 0 spiro atoms. The van der Waals surface area contributed by atoms with Gasteiger partial charge in [0, 0.05) is 42.3 Å². The lowest BCUT2D eigenvalue weighted by atomic mass is 10.2. The maximum absolute atomic E-state index is 10.6. The molecule has 0 atom stereocenters. The standard InChI is InChI=1S/C14H16N2O2/c1-11-4-5-13(12-6-8-15-9-7-12)16(11)10-2-3-14(17)18/h4-9H,2-3,10H2,1H3,(H,17,18). The van der Waals surface area contributed by atoms with Crippen LogP contribution in [0.25, 0.3) is 11.3 Å². The van der Waals surface area contributed by atoms with E-state index in [1.54, 1.807) is 12.4 Å². The monoisotopic (exact) mass is 244 g/mol. The van der Waals surface area contributed by atoms with Crippen LogP contribution in [0.15, 0.2) is 36.7 Å². The second-order valence-corrected chi connectivity index (χ2v) is 4.24. The summed E-state index contributed by atoms with van der Waals surface area (Å²) in [6, 6.07) is 8.03. The summed E-state index contributed by atoms with van der Waals surface area (Å²) in [5.74, 6) is -0.745. The Morgan fingerprint density at radius 3 is 2.67 bits per heavy atom. The normalized spacial score (nSPS) is 10.5. The predicted octanol–water partition coefficient (Wildman–Crippen LogP) is 2.72. The van der Waals surface area contributed by atoms with E-state index in [1.807, 2.05) is 19.1 Å². The fourth-order valence-corrected chi connectivity index (χ4v) is 2.03. The van der Waals surface area contributed by atoms with Gasteiger partial charge in [-0.25, -0.2) is 0 Å². The number of hydrogen-bond donors (Lipinski definition) is 1. The van der Waals surface area contributed by atoms with E-state index in [1.165, 1.54) is 0 Å². The van der Waals surface area contributed by atoms with Crippen LogP contribution in [0.3, 0.4) is 0 Å². The average molecular weight is 244 g/mol. The molecule has 2 heterocycles. The summed E-state index contributed by atoms with van der Waals surface area (Å²) in [4.78, 5) is 14.6. The van der Waals surface area contributed by atoms with Gasteiger partial charge in [0.05, 0.1) is 0 Å². The topological polar surface area (TPSA) is 55.1 Å². The summed E-state index contributed by atoms with van der Waals surface area (Å²) < 4.78 is 2.15. The number of rotatable bonds is 5. The molecule has 0 aliphatic heterocycles. The smallest absolute Gasteiger partial charge is 0.303 e. The van der Waals surface area contributed by atoms with E-state index in [2.05, 4.69) is 21.7 Å². The molecule has 0 aliphatic rings. The number of nitrogens with zero attached hydrogens (tertiary/aromatic N) is 2. The Morgan fingerprint density at radius 2 is 2.00 bits per heavy atom. The summed E-state index contributed by atoms with van der Waals surface area (Å²) in [6.45, 7) is 2.76. The lowest BCUT2D eigenvalue weighted by Crippen LogP contribution is -2.05. The molecule has 2 aromatic rings. The molecule has 0 aromatic carbocycles. The molecule has 1 N–H and O–H groups in total. The largest absolute Gasteiger partial charge is 0.481 e. The lowest BCUT2D eigenvalue weighted by molar-refractivity contribution is -0.137. The fourth-order valence-electron chi connectivity index (χ4n) is 2.03. The molecule has 2 rings (SSSR count). The second kappa shape index (κ2) is 5.49. The number of aryl methyl sites for hydroxylation is 1. The van der Waals surface area contributed by atoms with Crippen molar-refractivity contribution >= 4 is 5.97 Å². The van der Waals surface area contributed by atoms with E-state index in [9.17, 15) is 4.79 Å². The van der Waals surface area contributed by atoms with Crippen molar-refractivity contribution in [3.8, 4) is 11.3 Å². The number of aliphatic carboxylic acids is 1. The maximum atomic E-state index is 10.6. The number of carbonyl (C=O) groups is 1. The molecule has 4 nitrogen and oxygen atoms in total. The van der Waals surface area contributed by atoms with Gasteiger partial charge in [-0.3, -0.25) is 9.78 Å². The van der Waals surface area contributed by atoms with Crippen molar-refractivity contribution in [3.63, 3.8) is 0 Å². The number of hydrogen-bond acceptors (Lipinski definition) is 2. The molecular formula is C14H16N2O2. The highest BCUT2D eigenvalue weighted by Gasteiger charge is 2.07. The summed E-state index contributed by atoms with van der Waals surface area (Å²) in [5.41, 5.74) is 3.36. The minimum atomic E-state index is -0.745. The molecule has 94 valence electrons. The Hall–Kier alpha value is -2.10. The summed E-state index contributed by atoms with van der Waals surface area (Å²) in [6.07, 6.45) is 4.37. The van der Waals surface area contributed by atoms with E-state index >= 15 is 0 Å². The highest BCUT2D eigenvalue weighted by atomic mass is 16.4. The molecule has 18 heavy (non-hydrogen) atoms. The first kappa shape index (κ1) is 12.4. The third kappa shape index (κ3) is 2.77. The molecule has 0 radical (unpaired) electrons. The van der Waals surface area contributed by atoms with Gasteiger partial charge in [-0.2, -0.15) is 0 Å². The minimum Gasteiger partial charge on any atom is -0.481 e. The summed E-state index contributed by atoms with van der Waals surface area (Å²) >= 11 is 0. The quantitative estimate of drug-likeness (QED) is 0.879. The molecule has 0 aliphatic carbocycles. The lowest BCUT2D eigenvalue weighted by Gasteiger charge is -2.11. The summed E-state index contributed by atoms with van der Waals surface area (Å²) in [5, 5.41) is 8.68. The van der Waals surface area contributed by atoms with Crippen LogP contribution in [-0.4, -0.2) is 20.6 Å². The zero-order valence-corrected chi connectivity index (χ0v) is 10.3.